The second-order valence-electron chi connectivity index (χ2n) is 8.71. The molecular formula is C26H25F3N4O2. The van der Waals surface area contributed by atoms with Crippen molar-refractivity contribution in [1.82, 2.24) is 14.5 Å². The maximum atomic E-state index is 13.8. The Balaban J connectivity index is 1.43. The molecule has 0 radical (unpaired) electrons. The van der Waals surface area contributed by atoms with Crippen LogP contribution in [0.25, 0.3) is 11.8 Å². The SMILES string of the molecule is COc1cc(/C=C2\CCCN3CCC(c4cc(F)c(F)c(F)c4)ON=C23)ccc1-n1cnc(C)c1. The summed E-state index contributed by atoms with van der Waals surface area (Å²) in [5, 5.41) is 4.36. The van der Waals surface area contributed by atoms with Gasteiger partial charge in [-0.2, -0.15) is 0 Å². The molecule has 0 amide bonds. The smallest absolute Gasteiger partial charge is 0.194 e. The fourth-order valence-electron chi connectivity index (χ4n) is 4.53. The molecule has 0 N–H and O–H groups in total. The number of piperidine rings is 1. The topological polar surface area (TPSA) is 51.9 Å². The molecule has 1 fully saturated rings. The van der Waals surface area contributed by atoms with E-state index in [-0.39, 0.29) is 5.56 Å². The number of hydrogen-bond acceptors (Lipinski definition) is 5. The molecule has 2 aliphatic heterocycles. The fraction of sp³-hybridized carbons (Fsp3) is 0.308. The minimum atomic E-state index is -1.49. The second-order valence-corrected chi connectivity index (χ2v) is 8.71. The van der Waals surface area contributed by atoms with Crippen LogP contribution in [0.1, 0.15) is 42.2 Å². The molecule has 2 aromatic carbocycles. The van der Waals surface area contributed by atoms with Crippen LogP contribution in [0.2, 0.25) is 0 Å². The molecule has 1 unspecified atom stereocenters. The third-order valence-corrected chi connectivity index (χ3v) is 6.30. The number of halogens is 3. The van der Waals surface area contributed by atoms with Gasteiger partial charge < -0.3 is 19.0 Å². The van der Waals surface area contributed by atoms with E-state index >= 15 is 0 Å². The highest BCUT2D eigenvalue weighted by Gasteiger charge is 2.28. The highest BCUT2D eigenvalue weighted by molar-refractivity contribution is 6.02. The lowest BCUT2D eigenvalue weighted by molar-refractivity contribution is 0.0570. The normalized spacial score (nSPS) is 19.1. The molecule has 1 atom stereocenters. The Morgan fingerprint density at radius 3 is 2.63 bits per heavy atom. The summed E-state index contributed by atoms with van der Waals surface area (Å²) in [5.74, 6) is -2.54. The van der Waals surface area contributed by atoms with Crippen molar-refractivity contribution < 1.29 is 22.7 Å². The maximum absolute atomic E-state index is 13.8. The number of aromatic nitrogens is 2. The van der Waals surface area contributed by atoms with E-state index in [1.54, 1.807) is 13.4 Å². The van der Waals surface area contributed by atoms with Gasteiger partial charge in [0.05, 0.1) is 24.8 Å². The van der Waals surface area contributed by atoms with Crippen molar-refractivity contribution in [3.63, 3.8) is 0 Å². The molecule has 0 saturated carbocycles. The van der Waals surface area contributed by atoms with Crippen molar-refractivity contribution in [2.75, 3.05) is 20.2 Å². The van der Waals surface area contributed by atoms with E-state index in [2.05, 4.69) is 21.1 Å². The first kappa shape index (κ1) is 23.0. The van der Waals surface area contributed by atoms with E-state index in [9.17, 15) is 13.2 Å². The fourth-order valence-corrected chi connectivity index (χ4v) is 4.53. The van der Waals surface area contributed by atoms with E-state index in [1.165, 1.54) is 0 Å². The molecule has 182 valence electrons. The summed E-state index contributed by atoms with van der Waals surface area (Å²) >= 11 is 0. The van der Waals surface area contributed by atoms with Crippen LogP contribution in [0, 0.1) is 24.4 Å². The lowest BCUT2D eigenvalue weighted by Gasteiger charge is -2.29. The first-order valence-electron chi connectivity index (χ1n) is 11.5. The standard InChI is InChI=1S/C26H25F3N4O2/c1-16-14-33(15-30-16)22-6-5-17(11-24(22)34-2)10-18-4-3-8-32-9-7-23(35-31-26(18)32)19-12-20(27)25(29)21(28)13-19/h5-6,10-15,23H,3-4,7-9H2,1-2H3/b18-10+. The molecule has 5 rings (SSSR count). The van der Waals surface area contributed by atoms with Crippen molar-refractivity contribution in [2.45, 2.75) is 32.3 Å². The van der Waals surface area contributed by atoms with Gasteiger partial charge in [0.1, 0.15) is 5.75 Å². The summed E-state index contributed by atoms with van der Waals surface area (Å²) in [6.45, 7) is 3.34. The van der Waals surface area contributed by atoms with E-state index in [4.69, 9.17) is 9.57 Å². The van der Waals surface area contributed by atoms with Gasteiger partial charge in [-0.05, 0) is 61.2 Å². The molecule has 0 aliphatic carbocycles. The molecule has 2 aliphatic rings. The van der Waals surface area contributed by atoms with Crippen molar-refractivity contribution in [1.29, 1.82) is 0 Å². The van der Waals surface area contributed by atoms with Gasteiger partial charge in [0, 0.05) is 31.3 Å². The van der Waals surface area contributed by atoms with Gasteiger partial charge in [0.15, 0.2) is 29.4 Å². The van der Waals surface area contributed by atoms with Gasteiger partial charge in [-0.3, -0.25) is 0 Å². The zero-order chi connectivity index (χ0) is 24.5. The monoisotopic (exact) mass is 482 g/mol. The minimum absolute atomic E-state index is 0.228. The molecule has 3 aromatic rings. The van der Waals surface area contributed by atoms with E-state index < -0.39 is 23.6 Å². The molecule has 9 heteroatoms. The van der Waals surface area contributed by atoms with E-state index in [1.807, 2.05) is 35.9 Å². The number of nitrogens with zero attached hydrogens (tertiary/aromatic N) is 4. The number of amidine groups is 1. The first-order valence-corrected chi connectivity index (χ1v) is 11.5. The van der Waals surface area contributed by atoms with Gasteiger partial charge >= 0.3 is 0 Å². The summed E-state index contributed by atoms with van der Waals surface area (Å²) in [4.78, 5) is 12.1. The molecule has 0 spiro atoms. The van der Waals surface area contributed by atoms with E-state index in [0.717, 1.165) is 54.0 Å². The summed E-state index contributed by atoms with van der Waals surface area (Å²) in [5.41, 5.74) is 3.98. The van der Waals surface area contributed by atoms with Crippen LogP contribution < -0.4 is 4.74 Å². The summed E-state index contributed by atoms with van der Waals surface area (Å²) in [6.07, 6.45) is 7.29. The van der Waals surface area contributed by atoms with Crippen LogP contribution in [0.15, 0.2) is 53.6 Å². The molecule has 0 bridgehead atoms. The highest BCUT2D eigenvalue weighted by Crippen LogP contribution is 2.32. The van der Waals surface area contributed by atoms with Crippen molar-refractivity contribution in [3.05, 3.63) is 82.7 Å². The van der Waals surface area contributed by atoms with Gasteiger partial charge in [0.2, 0.25) is 0 Å². The Hall–Kier alpha value is -3.75. The Bertz CT molecular complexity index is 1290. The van der Waals surface area contributed by atoms with Crippen LogP contribution in [-0.2, 0) is 4.84 Å². The lowest BCUT2D eigenvalue weighted by Crippen LogP contribution is -2.37. The number of fused-ring (bicyclic) bond motifs is 1. The number of oxime groups is 1. The Morgan fingerprint density at radius 2 is 1.91 bits per heavy atom. The van der Waals surface area contributed by atoms with Crippen molar-refractivity contribution in [3.8, 4) is 11.4 Å². The summed E-state index contributed by atoms with van der Waals surface area (Å²) < 4.78 is 48.4. The van der Waals surface area contributed by atoms with Crippen LogP contribution in [-0.4, -0.2) is 40.5 Å². The van der Waals surface area contributed by atoms with E-state index in [0.29, 0.717) is 24.6 Å². The first-order chi connectivity index (χ1) is 16.9. The third kappa shape index (κ3) is 4.62. The number of rotatable bonds is 4. The molecule has 35 heavy (non-hydrogen) atoms. The number of methoxy groups -OCH3 is 1. The summed E-state index contributed by atoms with van der Waals surface area (Å²) in [6, 6.07) is 7.89. The quantitative estimate of drug-likeness (QED) is 0.457. The van der Waals surface area contributed by atoms with Gasteiger partial charge in [-0.25, -0.2) is 18.2 Å². The number of benzene rings is 2. The van der Waals surface area contributed by atoms with Crippen LogP contribution in [0.3, 0.4) is 0 Å². The highest BCUT2D eigenvalue weighted by atomic mass is 19.2. The molecule has 6 nitrogen and oxygen atoms in total. The zero-order valence-electron chi connectivity index (χ0n) is 19.5. The largest absolute Gasteiger partial charge is 0.495 e. The lowest BCUT2D eigenvalue weighted by atomic mass is 9.99. The summed E-state index contributed by atoms with van der Waals surface area (Å²) in [7, 11) is 1.63. The molecule has 3 heterocycles. The minimum Gasteiger partial charge on any atom is -0.495 e. The zero-order valence-corrected chi connectivity index (χ0v) is 19.5. The van der Waals surface area contributed by atoms with Crippen molar-refractivity contribution in [2.24, 2.45) is 5.16 Å². The Labute approximate surface area is 201 Å². The number of hydrogen-bond donors (Lipinski definition) is 0. The average molecular weight is 483 g/mol. The van der Waals surface area contributed by atoms with Gasteiger partial charge in [-0.15, -0.1) is 0 Å². The number of imidazole rings is 1. The molecule has 1 aromatic heterocycles. The van der Waals surface area contributed by atoms with Crippen LogP contribution >= 0.6 is 0 Å². The van der Waals surface area contributed by atoms with Crippen LogP contribution in [0.4, 0.5) is 13.2 Å². The van der Waals surface area contributed by atoms with Crippen LogP contribution in [0.5, 0.6) is 5.75 Å². The Morgan fingerprint density at radius 1 is 1.11 bits per heavy atom. The predicted octanol–water partition coefficient (Wildman–Crippen LogP) is 5.56. The second kappa shape index (κ2) is 9.48. The van der Waals surface area contributed by atoms with Gasteiger partial charge in [0.25, 0.3) is 0 Å². The maximum Gasteiger partial charge on any atom is 0.194 e. The Kier molecular flexibility index (Phi) is 6.23. The van der Waals surface area contributed by atoms with Crippen molar-refractivity contribution >= 4 is 11.9 Å². The average Bonchev–Trinajstić information content (AvgIpc) is 3.16. The number of ether oxygens (including phenoxy) is 1. The third-order valence-electron chi connectivity index (χ3n) is 6.30. The molecular weight excluding hydrogens is 457 g/mol. The van der Waals surface area contributed by atoms with Gasteiger partial charge in [-0.1, -0.05) is 11.2 Å². The molecule has 1 saturated heterocycles. The number of aryl methyl sites for hydroxylation is 1. The predicted molar refractivity (Wildman–Crippen MR) is 126 cm³/mol.